The van der Waals surface area contributed by atoms with Crippen LogP contribution in [0.3, 0.4) is 0 Å². The summed E-state index contributed by atoms with van der Waals surface area (Å²) in [7, 11) is 0. The first kappa shape index (κ1) is 19.2. The number of amides is 1. The molecule has 28 heavy (non-hydrogen) atoms. The number of aromatic nitrogens is 3. The molecule has 0 atom stereocenters. The lowest BCUT2D eigenvalue weighted by molar-refractivity contribution is -0.123. The molecule has 2 heterocycles. The predicted octanol–water partition coefficient (Wildman–Crippen LogP) is 3.69. The van der Waals surface area contributed by atoms with Crippen molar-refractivity contribution >= 4 is 5.91 Å². The number of hydrogen-bond acceptors (Lipinski definition) is 3. The first-order chi connectivity index (χ1) is 13.4. The van der Waals surface area contributed by atoms with Crippen LogP contribution < -0.4 is 5.32 Å². The fraction of sp³-hybridized carbons (Fsp3) is 0.609. The quantitative estimate of drug-likeness (QED) is 0.860. The van der Waals surface area contributed by atoms with Crippen LogP contribution in [0.2, 0.25) is 0 Å². The second-order valence-corrected chi connectivity index (χ2v) is 9.41. The van der Waals surface area contributed by atoms with E-state index in [9.17, 15) is 4.79 Å². The van der Waals surface area contributed by atoms with Crippen molar-refractivity contribution < 1.29 is 4.79 Å². The van der Waals surface area contributed by atoms with Crippen LogP contribution in [0, 0.1) is 0 Å². The van der Waals surface area contributed by atoms with Crippen molar-refractivity contribution in [2.75, 3.05) is 6.54 Å². The van der Waals surface area contributed by atoms with E-state index in [1.165, 1.54) is 24.8 Å². The fourth-order valence-corrected chi connectivity index (χ4v) is 4.25. The molecule has 0 bridgehead atoms. The van der Waals surface area contributed by atoms with Crippen molar-refractivity contribution in [2.45, 2.75) is 83.1 Å². The zero-order valence-corrected chi connectivity index (χ0v) is 17.4. The van der Waals surface area contributed by atoms with Gasteiger partial charge in [-0.3, -0.25) is 4.79 Å². The van der Waals surface area contributed by atoms with Gasteiger partial charge < -0.3 is 9.88 Å². The Morgan fingerprint density at radius 2 is 1.86 bits per heavy atom. The first-order valence-corrected chi connectivity index (χ1v) is 10.7. The average molecular weight is 381 g/mol. The zero-order chi connectivity index (χ0) is 19.8. The molecule has 0 saturated heterocycles. The SMILES string of the molecule is CC(C)(C)c1ccc(C2(C(=O)NCCc3nnc4n3CCCCC4)CC2)cc1. The summed E-state index contributed by atoms with van der Waals surface area (Å²) in [5.74, 6) is 2.28. The third-order valence-electron chi connectivity index (χ3n) is 6.31. The maximum Gasteiger partial charge on any atom is 0.230 e. The largest absolute Gasteiger partial charge is 0.355 e. The third-order valence-corrected chi connectivity index (χ3v) is 6.31. The molecule has 1 aliphatic heterocycles. The molecule has 1 aliphatic carbocycles. The van der Waals surface area contributed by atoms with Crippen LogP contribution in [0.25, 0.3) is 0 Å². The monoisotopic (exact) mass is 380 g/mol. The summed E-state index contributed by atoms with van der Waals surface area (Å²) in [6.45, 7) is 8.28. The maximum absolute atomic E-state index is 12.9. The van der Waals surface area contributed by atoms with Gasteiger partial charge >= 0.3 is 0 Å². The molecule has 2 aliphatic rings. The molecule has 0 spiro atoms. The summed E-state index contributed by atoms with van der Waals surface area (Å²) in [6.07, 6.45) is 7.30. The summed E-state index contributed by atoms with van der Waals surface area (Å²) in [4.78, 5) is 12.9. The molecule has 4 rings (SSSR count). The van der Waals surface area contributed by atoms with Crippen molar-refractivity contribution in [2.24, 2.45) is 0 Å². The van der Waals surface area contributed by atoms with E-state index in [4.69, 9.17) is 0 Å². The Hall–Kier alpha value is -2.17. The molecule has 0 radical (unpaired) electrons. The number of nitrogens with one attached hydrogen (secondary N) is 1. The summed E-state index contributed by atoms with van der Waals surface area (Å²) in [5, 5.41) is 11.9. The Labute approximate surface area is 167 Å². The van der Waals surface area contributed by atoms with E-state index >= 15 is 0 Å². The summed E-state index contributed by atoms with van der Waals surface area (Å²) in [5.41, 5.74) is 2.26. The number of carbonyl (C=O) groups is 1. The minimum absolute atomic E-state index is 0.133. The van der Waals surface area contributed by atoms with E-state index in [1.807, 2.05) is 0 Å². The lowest BCUT2D eigenvalue weighted by Gasteiger charge is -2.21. The summed E-state index contributed by atoms with van der Waals surface area (Å²) < 4.78 is 2.26. The third kappa shape index (κ3) is 3.71. The Balaban J connectivity index is 1.37. The molecule has 2 aromatic rings. The van der Waals surface area contributed by atoms with Gasteiger partial charge in [0.2, 0.25) is 5.91 Å². The lowest BCUT2D eigenvalue weighted by atomic mass is 9.85. The molecule has 1 amide bonds. The number of nitrogens with zero attached hydrogens (tertiary/aromatic N) is 3. The number of fused-ring (bicyclic) bond motifs is 1. The Morgan fingerprint density at radius 3 is 2.54 bits per heavy atom. The van der Waals surface area contributed by atoms with E-state index in [0.29, 0.717) is 6.54 Å². The fourth-order valence-electron chi connectivity index (χ4n) is 4.25. The Morgan fingerprint density at radius 1 is 1.11 bits per heavy atom. The van der Waals surface area contributed by atoms with E-state index < -0.39 is 0 Å². The maximum atomic E-state index is 12.9. The van der Waals surface area contributed by atoms with E-state index in [1.54, 1.807) is 0 Å². The molecule has 1 aromatic carbocycles. The Kier molecular flexibility index (Phi) is 5.02. The van der Waals surface area contributed by atoms with E-state index in [2.05, 4.69) is 65.1 Å². The predicted molar refractivity (Wildman–Crippen MR) is 110 cm³/mol. The molecule has 5 nitrogen and oxygen atoms in total. The van der Waals surface area contributed by atoms with Crippen LogP contribution in [0.15, 0.2) is 24.3 Å². The molecular weight excluding hydrogens is 348 g/mol. The molecule has 0 unspecified atom stereocenters. The van der Waals surface area contributed by atoms with Crippen molar-refractivity contribution in [1.29, 1.82) is 0 Å². The number of aryl methyl sites for hydroxylation is 1. The highest BCUT2D eigenvalue weighted by Crippen LogP contribution is 2.48. The van der Waals surface area contributed by atoms with Crippen molar-refractivity contribution in [3.05, 3.63) is 47.0 Å². The zero-order valence-electron chi connectivity index (χ0n) is 17.4. The highest BCUT2D eigenvalue weighted by atomic mass is 16.2. The van der Waals surface area contributed by atoms with Gasteiger partial charge in [-0.25, -0.2) is 0 Å². The van der Waals surface area contributed by atoms with Crippen molar-refractivity contribution in [1.82, 2.24) is 20.1 Å². The van der Waals surface area contributed by atoms with Gasteiger partial charge in [-0.05, 0) is 42.2 Å². The van der Waals surface area contributed by atoms with Gasteiger partial charge in [0.15, 0.2) is 0 Å². The Bertz CT molecular complexity index is 840. The molecule has 1 saturated carbocycles. The normalized spacial score (nSPS) is 18.2. The number of carbonyl (C=O) groups excluding carboxylic acids is 1. The minimum atomic E-state index is -0.321. The molecule has 1 N–H and O–H groups in total. The number of hydrogen-bond donors (Lipinski definition) is 1. The topological polar surface area (TPSA) is 59.8 Å². The van der Waals surface area contributed by atoms with Crippen LogP contribution in [0.4, 0.5) is 0 Å². The van der Waals surface area contributed by atoms with Crippen molar-refractivity contribution in [3.63, 3.8) is 0 Å². The van der Waals surface area contributed by atoms with Gasteiger partial charge in [0.25, 0.3) is 0 Å². The van der Waals surface area contributed by atoms with E-state index in [-0.39, 0.29) is 16.7 Å². The second-order valence-electron chi connectivity index (χ2n) is 9.41. The standard InChI is InChI=1S/C23H32N4O/c1-22(2,3)17-8-10-18(11-9-17)23(13-14-23)21(28)24-15-12-20-26-25-19-7-5-4-6-16-27(19)20/h8-11H,4-7,12-16H2,1-3H3,(H,24,28). The smallest absolute Gasteiger partial charge is 0.230 e. The highest BCUT2D eigenvalue weighted by Gasteiger charge is 2.51. The highest BCUT2D eigenvalue weighted by molar-refractivity contribution is 5.91. The van der Waals surface area contributed by atoms with Gasteiger partial charge in [0.05, 0.1) is 5.41 Å². The van der Waals surface area contributed by atoms with Crippen LogP contribution >= 0.6 is 0 Å². The number of benzene rings is 1. The molecule has 1 aromatic heterocycles. The average Bonchev–Trinajstić information content (AvgIpc) is 3.44. The minimum Gasteiger partial charge on any atom is -0.355 e. The van der Waals surface area contributed by atoms with Crippen LogP contribution in [-0.4, -0.2) is 27.2 Å². The first-order valence-electron chi connectivity index (χ1n) is 10.7. The summed E-state index contributed by atoms with van der Waals surface area (Å²) in [6, 6.07) is 8.64. The number of rotatable bonds is 5. The molecule has 150 valence electrons. The van der Waals surface area contributed by atoms with E-state index in [0.717, 1.165) is 49.4 Å². The molecule has 1 fully saturated rings. The molecular formula is C23H32N4O. The van der Waals surface area contributed by atoms with Gasteiger partial charge in [-0.1, -0.05) is 51.5 Å². The second kappa shape index (κ2) is 7.34. The summed E-state index contributed by atoms with van der Waals surface area (Å²) >= 11 is 0. The molecule has 5 heteroatoms. The van der Waals surface area contributed by atoms with Crippen LogP contribution in [0.5, 0.6) is 0 Å². The van der Waals surface area contributed by atoms with Crippen molar-refractivity contribution in [3.8, 4) is 0 Å². The van der Waals surface area contributed by atoms with Gasteiger partial charge in [-0.2, -0.15) is 0 Å². The van der Waals surface area contributed by atoms with Crippen LogP contribution in [0.1, 0.15) is 75.7 Å². The van der Waals surface area contributed by atoms with Crippen LogP contribution in [-0.2, 0) is 35.0 Å². The van der Waals surface area contributed by atoms with Gasteiger partial charge in [0.1, 0.15) is 11.6 Å². The van der Waals surface area contributed by atoms with Gasteiger partial charge in [0, 0.05) is 25.9 Å². The van der Waals surface area contributed by atoms with Gasteiger partial charge in [-0.15, -0.1) is 10.2 Å². The lowest BCUT2D eigenvalue weighted by Crippen LogP contribution is -2.36.